The van der Waals surface area contributed by atoms with Gasteiger partial charge in [0.1, 0.15) is 11.6 Å². The Kier molecular flexibility index (Phi) is 3.83. The molecule has 7 heteroatoms. The number of anilines is 1. The maximum atomic E-state index is 12.9. The van der Waals surface area contributed by atoms with Crippen LogP contribution in [0.4, 0.5) is 10.2 Å². The van der Waals surface area contributed by atoms with E-state index in [-0.39, 0.29) is 5.82 Å². The molecule has 3 rings (SSSR count). The Morgan fingerprint density at radius 3 is 2.62 bits per heavy atom. The van der Waals surface area contributed by atoms with Gasteiger partial charge in [-0.05, 0) is 36.4 Å². The minimum Gasteiger partial charge on any atom is -0.420 e. The fraction of sp³-hybridized carbons (Fsp3) is 0.0714. The van der Waals surface area contributed by atoms with E-state index in [9.17, 15) is 4.39 Å². The van der Waals surface area contributed by atoms with E-state index in [2.05, 4.69) is 15.2 Å². The Morgan fingerprint density at radius 1 is 1.10 bits per heavy atom. The molecule has 106 valence electrons. The molecule has 0 amide bonds. The molecular formula is C14H11FN4OS. The fourth-order valence-corrected chi connectivity index (χ4v) is 2.34. The van der Waals surface area contributed by atoms with Crippen molar-refractivity contribution in [1.82, 2.24) is 15.2 Å². The molecule has 0 atom stereocenters. The summed E-state index contributed by atoms with van der Waals surface area (Å²) in [5.41, 5.74) is 6.21. The van der Waals surface area contributed by atoms with Crippen molar-refractivity contribution in [3.8, 4) is 11.5 Å². The van der Waals surface area contributed by atoms with Gasteiger partial charge in [-0.25, -0.2) is 9.37 Å². The maximum Gasteiger partial charge on any atom is 0.247 e. The number of hydrogen-bond acceptors (Lipinski definition) is 6. The third kappa shape index (κ3) is 3.38. The van der Waals surface area contributed by atoms with Crippen LogP contribution >= 0.6 is 11.8 Å². The minimum atomic E-state index is -0.301. The Labute approximate surface area is 124 Å². The normalized spacial score (nSPS) is 10.7. The molecule has 0 radical (unpaired) electrons. The molecule has 0 spiro atoms. The number of halogens is 1. The van der Waals surface area contributed by atoms with E-state index in [0.29, 0.717) is 28.9 Å². The van der Waals surface area contributed by atoms with E-state index >= 15 is 0 Å². The number of nitrogens with two attached hydrogens (primary N) is 1. The third-order valence-electron chi connectivity index (χ3n) is 2.68. The SMILES string of the molecule is Nc1ccc(SCc2nnc(-c3ccc(F)cc3)o2)cn1. The molecule has 1 aromatic carbocycles. The Bertz CT molecular complexity index is 727. The average Bonchev–Trinajstić information content (AvgIpc) is 2.96. The van der Waals surface area contributed by atoms with E-state index < -0.39 is 0 Å². The Morgan fingerprint density at radius 2 is 1.90 bits per heavy atom. The van der Waals surface area contributed by atoms with Gasteiger partial charge in [0.05, 0.1) is 5.75 Å². The highest BCUT2D eigenvalue weighted by atomic mass is 32.2. The molecule has 2 N–H and O–H groups in total. The monoisotopic (exact) mass is 302 g/mol. The Hall–Kier alpha value is -2.41. The van der Waals surface area contributed by atoms with Gasteiger partial charge >= 0.3 is 0 Å². The van der Waals surface area contributed by atoms with E-state index in [4.69, 9.17) is 10.2 Å². The number of benzene rings is 1. The van der Waals surface area contributed by atoms with Crippen molar-refractivity contribution in [2.45, 2.75) is 10.6 Å². The van der Waals surface area contributed by atoms with Crippen molar-refractivity contribution in [1.29, 1.82) is 0 Å². The lowest BCUT2D eigenvalue weighted by molar-refractivity contribution is 0.528. The fourth-order valence-electron chi connectivity index (χ4n) is 1.64. The molecule has 0 saturated carbocycles. The molecule has 3 aromatic rings. The predicted octanol–water partition coefficient (Wildman–Crippen LogP) is 3.15. The highest BCUT2D eigenvalue weighted by Gasteiger charge is 2.09. The minimum absolute atomic E-state index is 0.301. The molecule has 2 heterocycles. The quantitative estimate of drug-likeness (QED) is 0.746. The van der Waals surface area contributed by atoms with Crippen molar-refractivity contribution in [3.63, 3.8) is 0 Å². The van der Waals surface area contributed by atoms with Crippen molar-refractivity contribution < 1.29 is 8.81 Å². The zero-order valence-electron chi connectivity index (χ0n) is 10.9. The van der Waals surface area contributed by atoms with Crippen LogP contribution in [0.5, 0.6) is 0 Å². The number of thioether (sulfide) groups is 1. The summed E-state index contributed by atoms with van der Waals surface area (Å²) in [6, 6.07) is 9.53. The van der Waals surface area contributed by atoms with Crippen LogP contribution in [0.15, 0.2) is 51.9 Å². The average molecular weight is 302 g/mol. The van der Waals surface area contributed by atoms with Crippen LogP contribution in [0.25, 0.3) is 11.5 Å². The number of hydrogen-bond donors (Lipinski definition) is 1. The lowest BCUT2D eigenvalue weighted by atomic mass is 10.2. The summed E-state index contributed by atoms with van der Waals surface area (Å²) in [4.78, 5) is 4.97. The van der Waals surface area contributed by atoms with Gasteiger partial charge in [0.2, 0.25) is 11.8 Å². The second-order valence-electron chi connectivity index (χ2n) is 4.22. The van der Waals surface area contributed by atoms with Gasteiger partial charge in [0, 0.05) is 16.7 Å². The van der Waals surface area contributed by atoms with Gasteiger partial charge in [-0.2, -0.15) is 0 Å². The summed E-state index contributed by atoms with van der Waals surface area (Å²) in [6.07, 6.45) is 1.69. The van der Waals surface area contributed by atoms with Crippen molar-refractivity contribution in [2.75, 3.05) is 5.73 Å². The molecule has 0 bridgehead atoms. The van der Waals surface area contributed by atoms with Gasteiger partial charge in [0.25, 0.3) is 0 Å². The van der Waals surface area contributed by atoms with Gasteiger partial charge < -0.3 is 10.2 Å². The molecule has 21 heavy (non-hydrogen) atoms. The smallest absolute Gasteiger partial charge is 0.247 e. The van der Waals surface area contributed by atoms with Crippen molar-refractivity contribution in [3.05, 3.63) is 54.3 Å². The van der Waals surface area contributed by atoms with Crippen LogP contribution in [0.3, 0.4) is 0 Å². The predicted molar refractivity (Wildman–Crippen MR) is 77.9 cm³/mol. The van der Waals surface area contributed by atoms with Crippen LogP contribution in [0.2, 0.25) is 0 Å². The number of pyridine rings is 1. The van der Waals surface area contributed by atoms with Crippen LogP contribution < -0.4 is 5.73 Å². The number of rotatable bonds is 4. The summed E-state index contributed by atoms with van der Waals surface area (Å²) in [5.74, 6) is 1.58. The zero-order valence-corrected chi connectivity index (χ0v) is 11.7. The summed E-state index contributed by atoms with van der Waals surface area (Å²) in [7, 11) is 0. The lowest BCUT2D eigenvalue weighted by Crippen LogP contribution is -1.88. The van der Waals surface area contributed by atoms with Crippen LogP contribution in [0.1, 0.15) is 5.89 Å². The Balaban J connectivity index is 1.67. The van der Waals surface area contributed by atoms with E-state index in [0.717, 1.165) is 4.90 Å². The maximum absolute atomic E-state index is 12.9. The van der Waals surface area contributed by atoms with Crippen LogP contribution in [-0.4, -0.2) is 15.2 Å². The molecule has 0 unspecified atom stereocenters. The number of nitrogen functional groups attached to an aromatic ring is 1. The summed E-state index contributed by atoms with van der Waals surface area (Å²) in [6.45, 7) is 0. The molecule has 0 aliphatic carbocycles. The molecule has 0 aliphatic rings. The molecule has 2 aromatic heterocycles. The molecule has 0 aliphatic heterocycles. The van der Waals surface area contributed by atoms with E-state index in [1.54, 1.807) is 24.4 Å². The number of aromatic nitrogens is 3. The summed E-state index contributed by atoms with van der Waals surface area (Å²) < 4.78 is 18.4. The second kappa shape index (κ2) is 5.92. The highest BCUT2D eigenvalue weighted by molar-refractivity contribution is 7.98. The second-order valence-corrected chi connectivity index (χ2v) is 5.26. The highest BCUT2D eigenvalue weighted by Crippen LogP contribution is 2.24. The standard InChI is InChI=1S/C14H11FN4OS/c15-10-3-1-9(2-4-10)14-19-18-13(20-14)8-21-11-5-6-12(16)17-7-11/h1-7H,8H2,(H2,16,17). The molecular weight excluding hydrogens is 291 g/mol. The zero-order chi connectivity index (χ0) is 14.7. The van der Waals surface area contributed by atoms with E-state index in [1.807, 2.05) is 6.07 Å². The third-order valence-corrected chi connectivity index (χ3v) is 3.65. The first-order chi connectivity index (χ1) is 10.2. The first kappa shape index (κ1) is 13.6. The van der Waals surface area contributed by atoms with E-state index in [1.165, 1.54) is 23.9 Å². The lowest BCUT2D eigenvalue weighted by Gasteiger charge is -1.98. The van der Waals surface area contributed by atoms with Crippen LogP contribution in [0, 0.1) is 5.82 Å². The van der Waals surface area contributed by atoms with Gasteiger partial charge in [0.15, 0.2) is 0 Å². The number of nitrogens with zero attached hydrogens (tertiary/aromatic N) is 3. The van der Waals surface area contributed by atoms with Gasteiger partial charge in [-0.1, -0.05) is 0 Å². The molecule has 5 nitrogen and oxygen atoms in total. The largest absolute Gasteiger partial charge is 0.420 e. The summed E-state index contributed by atoms with van der Waals surface area (Å²) >= 11 is 1.52. The molecule has 0 saturated heterocycles. The summed E-state index contributed by atoms with van der Waals surface area (Å²) in [5, 5.41) is 7.93. The van der Waals surface area contributed by atoms with Crippen molar-refractivity contribution in [2.24, 2.45) is 0 Å². The topological polar surface area (TPSA) is 77.8 Å². The van der Waals surface area contributed by atoms with Gasteiger partial charge in [-0.3, -0.25) is 0 Å². The molecule has 0 fully saturated rings. The van der Waals surface area contributed by atoms with Gasteiger partial charge in [-0.15, -0.1) is 22.0 Å². The van der Waals surface area contributed by atoms with Crippen molar-refractivity contribution >= 4 is 17.6 Å². The van der Waals surface area contributed by atoms with Crippen LogP contribution in [-0.2, 0) is 5.75 Å². The first-order valence-corrected chi connectivity index (χ1v) is 7.12. The first-order valence-electron chi connectivity index (χ1n) is 6.13.